The fraction of sp³-hybridized carbons (Fsp3) is 0.304. The highest BCUT2D eigenvalue weighted by atomic mass is 35.5. The molecule has 2 aliphatic heterocycles. The molecule has 5 rings (SSSR count). The van der Waals surface area contributed by atoms with Crippen molar-refractivity contribution in [3.63, 3.8) is 0 Å². The third kappa shape index (κ3) is 5.04. The molecule has 0 aliphatic carbocycles. The number of aromatic nitrogens is 3. The fourth-order valence-electron chi connectivity index (χ4n) is 3.96. The molecule has 0 spiro atoms. The van der Waals surface area contributed by atoms with E-state index in [1.54, 1.807) is 22.9 Å². The zero-order valence-corrected chi connectivity index (χ0v) is 19.1. The number of halogens is 1. The van der Waals surface area contributed by atoms with Crippen LogP contribution < -0.4 is 16.0 Å². The van der Waals surface area contributed by atoms with Crippen LogP contribution in [-0.2, 0) is 14.3 Å². The first-order valence-corrected chi connectivity index (χ1v) is 11.4. The maximum absolute atomic E-state index is 12.0. The molecular formula is C23H24ClN7O3. The van der Waals surface area contributed by atoms with Crippen LogP contribution in [0.3, 0.4) is 0 Å². The van der Waals surface area contributed by atoms with E-state index >= 15 is 0 Å². The summed E-state index contributed by atoms with van der Waals surface area (Å²) in [7, 11) is 0. The zero-order chi connectivity index (χ0) is 23.5. The van der Waals surface area contributed by atoms with Gasteiger partial charge in [0.05, 0.1) is 25.8 Å². The summed E-state index contributed by atoms with van der Waals surface area (Å²) in [5.74, 6) is 0.644. The number of anilines is 3. The Morgan fingerprint density at radius 3 is 2.82 bits per heavy atom. The number of fused-ring (bicyclic) bond motifs is 1. The van der Waals surface area contributed by atoms with Crippen molar-refractivity contribution < 1.29 is 14.3 Å². The second-order valence-electron chi connectivity index (χ2n) is 8.10. The number of imide groups is 1. The number of nitrogens with zero attached hydrogens (tertiary/aromatic N) is 4. The molecule has 0 radical (unpaired) electrons. The number of hydrogen-bond donors (Lipinski definition) is 3. The lowest BCUT2D eigenvalue weighted by Gasteiger charge is -2.26. The molecule has 0 bridgehead atoms. The number of carbonyl (C=O) groups is 2. The number of hydrogen-bond acceptors (Lipinski definition) is 8. The minimum Gasteiger partial charge on any atom is -0.379 e. The average Bonchev–Trinajstić information content (AvgIpc) is 3.36. The molecule has 1 aromatic carbocycles. The second kappa shape index (κ2) is 9.80. The summed E-state index contributed by atoms with van der Waals surface area (Å²) in [4.78, 5) is 30.7. The molecule has 0 atom stereocenters. The van der Waals surface area contributed by atoms with Gasteiger partial charge in [-0.1, -0.05) is 17.7 Å². The predicted molar refractivity (Wildman–Crippen MR) is 129 cm³/mol. The summed E-state index contributed by atoms with van der Waals surface area (Å²) < 4.78 is 7.12. The van der Waals surface area contributed by atoms with E-state index in [2.05, 4.69) is 25.9 Å². The molecular weight excluding hydrogens is 458 g/mol. The molecule has 3 N–H and O–H groups in total. The Hall–Kier alpha value is -3.47. The number of carbonyl (C=O) groups excluding carboxylic acids is 2. The second-order valence-corrected chi connectivity index (χ2v) is 8.54. The van der Waals surface area contributed by atoms with Crippen LogP contribution >= 0.6 is 11.6 Å². The van der Waals surface area contributed by atoms with Gasteiger partial charge in [0, 0.05) is 54.1 Å². The number of benzene rings is 1. The lowest BCUT2D eigenvalue weighted by Crippen LogP contribution is -2.39. The molecule has 0 saturated carbocycles. The van der Waals surface area contributed by atoms with Gasteiger partial charge in [-0.15, -0.1) is 0 Å². The number of morpholine rings is 1. The molecule has 10 nitrogen and oxygen atoms in total. The molecule has 34 heavy (non-hydrogen) atoms. The summed E-state index contributed by atoms with van der Waals surface area (Å²) in [5, 5.41) is 14.1. The smallest absolute Gasteiger partial charge is 0.254 e. The van der Waals surface area contributed by atoms with Gasteiger partial charge in [0.2, 0.25) is 5.91 Å². The SMILES string of the molecule is O=C1C/C(=C\c2cnn3c(NCCN4CCOCC4)cc(Nc4cccc(Cl)c4)nc23)C(=O)N1. The molecule has 2 amide bonds. The van der Waals surface area contributed by atoms with E-state index < -0.39 is 0 Å². The van der Waals surface area contributed by atoms with Crippen LogP contribution in [-0.4, -0.2) is 70.7 Å². The molecule has 0 unspecified atom stereocenters. The topological polar surface area (TPSA) is 113 Å². The molecule has 2 aromatic heterocycles. The molecule has 3 aromatic rings. The summed E-state index contributed by atoms with van der Waals surface area (Å²) in [6, 6.07) is 9.25. The average molecular weight is 482 g/mol. The quantitative estimate of drug-likeness (QED) is 0.348. The van der Waals surface area contributed by atoms with Gasteiger partial charge in [0.15, 0.2) is 5.65 Å². The first-order chi connectivity index (χ1) is 16.5. The van der Waals surface area contributed by atoms with Crippen molar-refractivity contribution in [3.05, 3.63) is 52.7 Å². The summed E-state index contributed by atoms with van der Waals surface area (Å²) in [6.07, 6.45) is 3.35. The van der Waals surface area contributed by atoms with Crippen LogP contribution in [0.2, 0.25) is 5.02 Å². The largest absolute Gasteiger partial charge is 0.379 e. The van der Waals surface area contributed by atoms with Crippen molar-refractivity contribution in [2.24, 2.45) is 0 Å². The van der Waals surface area contributed by atoms with Gasteiger partial charge in [-0.25, -0.2) is 4.98 Å². The van der Waals surface area contributed by atoms with Crippen LogP contribution in [0.4, 0.5) is 17.3 Å². The highest BCUT2D eigenvalue weighted by Gasteiger charge is 2.24. The predicted octanol–water partition coefficient (Wildman–Crippen LogP) is 2.30. The maximum atomic E-state index is 12.0. The zero-order valence-electron chi connectivity index (χ0n) is 18.4. The van der Waals surface area contributed by atoms with Crippen molar-refractivity contribution in [1.82, 2.24) is 24.8 Å². The van der Waals surface area contributed by atoms with E-state index in [-0.39, 0.29) is 18.2 Å². The van der Waals surface area contributed by atoms with E-state index in [1.807, 2.05) is 24.3 Å². The number of amides is 2. The van der Waals surface area contributed by atoms with E-state index in [0.717, 1.165) is 44.4 Å². The minimum absolute atomic E-state index is 0.0429. The van der Waals surface area contributed by atoms with Gasteiger partial charge in [-0.05, 0) is 24.3 Å². The molecule has 2 saturated heterocycles. The van der Waals surface area contributed by atoms with E-state index in [4.69, 9.17) is 21.3 Å². The van der Waals surface area contributed by atoms with Crippen molar-refractivity contribution in [2.45, 2.75) is 6.42 Å². The highest BCUT2D eigenvalue weighted by molar-refractivity contribution is 6.30. The van der Waals surface area contributed by atoms with E-state index in [1.165, 1.54) is 0 Å². The van der Waals surface area contributed by atoms with Gasteiger partial charge in [-0.3, -0.25) is 19.8 Å². The third-order valence-corrected chi connectivity index (χ3v) is 5.89. The van der Waals surface area contributed by atoms with E-state index in [9.17, 15) is 9.59 Å². The number of rotatable bonds is 7. The van der Waals surface area contributed by atoms with Crippen LogP contribution in [0.1, 0.15) is 12.0 Å². The van der Waals surface area contributed by atoms with Crippen molar-refractivity contribution in [2.75, 3.05) is 50.0 Å². The summed E-state index contributed by atoms with van der Waals surface area (Å²) >= 11 is 6.13. The number of ether oxygens (including phenoxy) is 1. The van der Waals surface area contributed by atoms with Gasteiger partial charge in [0.25, 0.3) is 5.91 Å². The van der Waals surface area contributed by atoms with Gasteiger partial charge in [-0.2, -0.15) is 9.61 Å². The Kier molecular flexibility index (Phi) is 6.43. The minimum atomic E-state index is -0.388. The Bertz CT molecular complexity index is 1270. The highest BCUT2D eigenvalue weighted by Crippen LogP contribution is 2.25. The Morgan fingerprint density at radius 1 is 1.21 bits per heavy atom. The summed E-state index contributed by atoms with van der Waals surface area (Å²) in [6.45, 7) is 4.90. The lowest BCUT2D eigenvalue weighted by atomic mass is 10.1. The molecule has 11 heteroatoms. The molecule has 4 heterocycles. The third-order valence-electron chi connectivity index (χ3n) is 5.66. The monoisotopic (exact) mass is 481 g/mol. The first-order valence-electron chi connectivity index (χ1n) is 11.1. The normalized spacial score (nSPS) is 18.0. The fourth-order valence-corrected chi connectivity index (χ4v) is 4.15. The van der Waals surface area contributed by atoms with Gasteiger partial charge >= 0.3 is 0 Å². The van der Waals surface area contributed by atoms with Crippen LogP contribution in [0.15, 0.2) is 42.1 Å². The molecule has 176 valence electrons. The number of nitrogens with one attached hydrogen (secondary N) is 3. The van der Waals surface area contributed by atoms with Crippen molar-refractivity contribution in [1.29, 1.82) is 0 Å². The van der Waals surface area contributed by atoms with Gasteiger partial charge < -0.3 is 15.4 Å². The lowest BCUT2D eigenvalue weighted by molar-refractivity contribution is -0.124. The van der Waals surface area contributed by atoms with Crippen LogP contribution in [0, 0.1) is 0 Å². The molecule has 2 fully saturated rings. The van der Waals surface area contributed by atoms with E-state index in [0.29, 0.717) is 34.2 Å². The maximum Gasteiger partial charge on any atom is 0.254 e. The summed E-state index contributed by atoms with van der Waals surface area (Å²) in [5.41, 5.74) is 2.38. The van der Waals surface area contributed by atoms with Gasteiger partial charge in [0.1, 0.15) is 11.6 Å². The van der Waals surface area contributed by atoms with Crippen LogP contribution in [0.5, 0.6) is 0 Å². The Balaban J connectivity index is 1.46. The van der Waals surface area contributed by atoms with Crippen LogP contribution in [0.25, 0.3) is 11.7 Å². The standard InChI is InChI=1S/C23H24ClN7O3/c24-17-2-1-3-18(12-17)27-19-13-20(25-4-5-30-6-8-34-9-7-30)31-22(28-19)16(14-26-31)10-15-11-21(32)29-23(15)33/h1-3,10,12-14,25H,4-9,11H2,(H,27,28)(H,29,32,33)/b15-10+. The van der Waals surface area contributed by atoms with Crippen molar-refractivity contribution in [3.8, 4) is 0 Å². The Morgan fingerprint density at radius 2 is 2.06 bits per heavy atom. The molecule has 2 aliphatic rings. The van der Waals surface area contributed by atoms with Crippen molar-refractivity contribution >= 4 is 52.5 Å². The Labute approximate surface area is 200 Å². The first kappa shape index (κ1) is 22.3.